The van der Waals surface area contributed by atoms with Crippen LogP contribution in [0.4, 0.5) is 5.95 Å². The Balaban J connectivity index is 1.60. The molecule has 1 aromatic rings. The topological polar surface area (TPSA) is 75.4 Å². The highest BCUT2D eigenvalue weighted by Gasteiger charge is 2.40. The second kappa shape index (κ2) is 5.36. The summed E-state index contributed by atoms with van der Waals surface area (Å²) < 4.78 is 0. The lowest BCUT2D eigenvalue weighted by molar-refractivity contribution is -0.137. The number of nitrogens with zero attached hydrogens (tertiary/aromatic N) is 4. The molecule has 1 aromatic heterocycles. The van der Waals surface area contributed by atoms with Crippen LogP contribution in [0.3, 0.4) is 0 Å². The zero-order valence-electron chi connectivity index (χ0n) is 11.7. The van der Waals surface area contributed by atoms with Crippen molar-refractivity contribution in [3.63, 3.8) is 0 Å². The van der Waals surface area contributed by atoms with Gasteiger partial charge in [-0.2, -0.15) is 0 Å². The maximum absolute atomic E-state index is 12.5. The standard InChI is InChI=1S/C14H21N5O/c15-14(4-1-2-5-14)12(20)18-8-10-19(11-9-18)13-16-6-3-7-17-13/h3,6-7H,1-2,4-5,8-11,15H2. The van der Waals surface area contributed by atoms with Crippen LogP contribution in [0.15, 0.2) is 18.5 Å². The molecule has 6 heteroatoms. The third-order valence-corrected chi connectivity index (χ3v) is 4.32. The molecular formula is C14H21N5O. The maximum Gasteiger partial charge on any atom is 0.242 e. The summed E-state index contributed by atoms with van der Waals surface area (Å²) in [4.78, 5) is 25.0. The number of hydrogen-bond donors (Lipinski definition) is 1. The van der Waals surface area contributed by atoms with Crippen molar-refractivity contribution in [2.24, 2.45) is 5.73 Å². The third kappa shape index (κ3) is 2.47. The first-order valence-corrected chi connectivity index (χ1v) is 7.29. The van der Waals surface area contributed by atoms with Gasteiger partial charge in [0.05, 0.1) is 5.54 Å². The molecule has 1 aliphatic carbocycles. The van der Waals surface area contributed by atoms with E-state index >= 15 is 0 Å². The normalized spacial score (nSPS) is 22.1. The second-order valence-corrected chi connectivity index (χ2v) is 5.69. The lowest BCUT2D eigenvalue weighted by atomic mass is 9.97. The number of carbonyl (C=O) groups excluding carboxylic acids is 1. The molecule has 0 bridgehead atoms. The van der Waals surface area contributed by atoms with Crippen LogP contribution in [-0.2, 0) is 4.79 Å². The largest absolute Gasteiger partial charge is 0.338 e. The third-order valence-electron chi connectivity index (χ3n) is 4.32. The summed E-state index contributed by atoms with van der Waals surface area (Å²) in [5, 5.41) is 0. The fourth-order valence-electron chi connectivity index (χ4n) is 3.10. The highest BCUT2D eigenvalue weighted by atomic mass is 16.2. The molecule has 108 valence electrons. The number of nitrogens with two attached hydrogens (primary N) is 1. The Kier molecular flexibility index (Phi) is 3.56. The first-order valence-electron chi connectivity index (χ1n) is 7.29. The molecule has 1 saturated carbocycles. The van der Waals surface area contributed by atoms with E-state index in [1.165, 1.54) is 0 Å². The Hall–Kier alpha value is -1.69. The van der Waals surface area contributed by atoms with E-state index in [2.05, 4.69) is 14.9 Å². The van der Waals surface area contributed by atoms with Crippen molar-refractivity contribution in [3.05, 3.63) is 18.5 Å². The number of hydrogen-bond acceptors (Lipinski definition) is 5. The smallest absolute Gasteiger partial charge is 0.242 e. The van der Waals surface area contributed by atoms with Gasteiger partial charge in [0.25, 0.3) is 0 Å². The lowest BCUT2D eigenvalue weighted by Crippen LogP contribution is -2.58. The number of anilines is 1. The molecule has 2 fully saturated rings. The van der Waals surface area contributed by atoms with Crippen molar-refractivity contribution in [1.82, 2.24) is 14.9 Å². The molecule has 3 rings (SSSR count). The minimum atomic E-state index is -0.606. The number of piperazine rings is 1. The molecular weight excluding hydrogens is 254 g/mol. The zero-order chi connectivity index (χ0) is 14.0. The molecule has 2 heterocycles. The molecule has 6 nitrogen and oxygen atoms in total. The van der Waals surface area contributed by atoms with E-state index in [9.17, 15) is 4.79 Å². The molecule has 1 saturated heterocycles. The van der Waals surface area contributed by atoms with Crippen LogP contribution in [0, 0.1) is 0 Å². The van der Waals surface area contributed by atoms with Gasteiger partial charge in [0.15, 0.2) is 0 Å². The molecule has 0 aromatic carbocycles. The van der Waals surface area contributed by atoms with Crippen LogP contribution in [-0.4, -0.2) is 52.5 Å². The van der Waals surface area contributed by atoms with Gasteiger partial charge in [-0.15, -0.1) is 0 Å². The van der Waals surface area contributed by atoms with Gasteiger partial charge in [-0.3, -0.25) is 4.79 Å². The summed E-state index contributed by atoms with van der Waals surface area (Å²) in [6.45, 7) is 2.95. The molecule has 2 N–H and O–H groups in total. The first-order chi connectivity index (χ1) is 9.69. The van der Waals surface area contributed by atoms with Crippen LogP contribution < -0.4 is 10.6 Å². The summed E-state index contributed by atoms with van der Waals surface area (Å²) >= 11 is 0. The summed E-state index contributed by atoms with van der Waals surface area (Å²) in [5.41, 5.74) is 5.64. The van der Waals surface area contributed by atoms with Crippen molar-refractivity contribution in [2.45, 2.75) is 31.2 Å². The minimum Gasteiger partial charge on any atom is -0.338 e. The number of carbonyl (C=O) groups is 1. The van der Waals surface area contributed by atoms with Gasteiger partial charge >= 0.3 is 0 Å². The van der Waals surface area contributed by atoms with E-state index in [4.69, 9.17) is 5.73 Å². The maximum atomic E-state index is 12.5. The van der Waals surface area contributed by atoms with Crippen molar-refractivity contribution >= 4 is 11.9 Å². The molecule has 2 aliphatic rings. The number of amides is 1. The summed E-state index contributed by atoms with van der Waals surface area (Å²) in [7, 11) is 0. The average Bonchev–Trinajstić information content (AvgIpc) is 2.96. The molecule has 0 unspecified atom stereocenters. The Morgan fingerprint density at radius 1 is 1.10 bits per heavy atom. The molecule has 1 aliphatic heterocycles. The van der Waals surface area contributed by atoms with Gasteiger partial charge in [0.2, 0.25) is 11.9 Å². The Morgan fingerprint density at radius 2 is 1.70 bits per heavy atom. The van der Waals surface area contributed by atoms with E-state index in [0.717, 1.165) is 44.7 Å². The van der Waals surface area contributed by atoms with Crippen molar-refractivity contribution in [2.75, 3.05) is 31.1 Å². The molecule has 0 radical (unpaired) electrons. The van der Waals surface area contributed by atoms with E-state index in [-0.39, 0.29) is 5.91 Å². The van der Waals surface area contributed by atoms with Crippen molar-refractivity contribution in [3.8, 4) is 0 Å². The molecule has 1 amide bonds. The first kappa shape index (κ1) is 13.3. The quantitative estimate of drug-likeness (QED) is 0.845. The predicted molar refractivity (Wildman–Crippen MR) is 76.2 cm³/mol. The predicted octanol–water partition coefficient (Wildman–Crippen LogP) is 0.397. The Labute approximate surface area is 119 Å². The fraction of sp³-hybridized carbons (Fsp3) is 0.643. The van der Waals surface area contributed by atoms with Crippen LogP contribution >= 0.6 is 0 Å². The van der Waals surface area contributed by atoms with Gasteiger partial charge in [0.1, 0.15) is 0 Å². The number of rotatable bonds is 2. The van der Waals surface area contributed by atoms with Gasteiger partial charge in [-0.1, -0.05) is 12.8 Å². The minimum absolute atomic E-state index is 0.128. The van der Waals surface area contributed by atoms with Gasteiger partial charge < -0.3 is 15.5 Å². The Morgan fingerprint density at radius 3 is 2.30 bits per heavy atom. The van der Waals surface area contributed by atoms with E-state index < -0.39 is 5.54 Å². The Bertz CT molecular complexity index is 464. The highest BCUT2D eigenvalue weighted by Crippen LogP contribution is 2.29. The SMILES string of the molecule is NC1(C(=O)N2CCN(c3ncccn3)CC2)CCCC1. The highest BCUT2D eigenvalue weighted by molar-refractivity contribution is 5.86. The van der Waals surface area contributed by atoms with E-state index in [1.54, 1.807) is 12.4 Å². The number of aromatic nitrogens is 2. The van der Waals surface area contributed by atoms with Crippen LogP contribution in [0.25, 0.3) is 0 Å². The summed E-state index contributed by atoms with van der Waals surface area (Å²) in [5.74, 6) is 0.867. The van der Waals surface area contributed by atoms with Crippen molar-refractivity contribution in [1.29, 1.82) is 0 Å². The molecule has 0 atom stereocenters. The van der Waals surface area contributed by atoms with Crippen LogP contribution in [0.2, 0.25) is 0 Å². The summed E-state index contributed by atoms with van der Waals surface area (Å²) in [6, 6.07) is 1.81. The van der Waals surface area contributed by atoms with Crippen LogP contribution in [0.1, 0.15) is 25.7 Å². The molecule has 20 heavy (non-hydrogen) atoms. The van der Waals surface area contributed by atoms with Gasteiger partial charge in [-0.25, -0.2) is 9.97 Å². The van der Waals surface area contributed by atoms with Gasteiger partial charge in [-0.05, 0) is 18.9 Å². The van der Waals surface area contributed by atoms with E-state index in [0.29, 0.717) is 13.1 Å². The van der Waals surface area contributed by atoms with Gasteiger partial charge in [0, 0.05) is 38.6 Å². The lowest BCUT2D eigenvalue weighted by Gasteiger charge is -2.38. The average molecular weight is 275 g/mol. The monoisotopic (exact) mass is 275 g/mol. The van der Waals surface area contributed by atoms with Crippen molar-refractivity contribution < 1.29 is 4.79 Å². The fourth-order valence-corrected chi connectivity index (χ4v) is 3.10. The summed E-state index contributed by atoms with van der Waals surface area (Å²) in [6.07, 6.45) is 7.28. The zero-order valence-corrected chi connectivity index (χ0v) is 11.7. The second-order valence-electron chi connectivity index (χ2n) is 5.69. The van der Waals surface area contributed by atoms with Crippen LogP contribution in [0.5, 0.6) is 0 Å². The molecule has 0 spiro atoms. The van der Waals surface area contributed by atoms with E-state index in [1.807, 2.05) is 11.0 Å².